The largest absolute Gasteiger partial charge is 0.360 e. The third-order valence-electron chi connectivity index (χ3n) is 4.38. The van der Waals surface area contributed by atoms with Gasteiger partial charge in [-0.15, -0.1) is 0 Å². The average Bonchev–Trinajstić information content (AvgIpc) is 3.32. The van der Waals surface area contributed by atoms with E-state index >= 15 is 0 Å². The average molecular weight is 333 g/mol. The van der Waals surface area contributed by atoms with Crippen molar-refractivity contribution in [2.45, 2.75) is 0 Å². The van der Waals surface area contributed by atoms with Crippen LogP contribution < -0.4 is 0 Å². The molecule has 0 aliphatic heterocycles. The second-order valence-corrected chi connectivity index (χ2v) is 5.88. The van der Waals surface area contributed by atoms with Gasteiger partial charge in [0.2, 0.25) is 0 Å². The lowest BCUT2D eigenvalue weighted by Crippen LogP contribution is -1.85. The van der Waals surface area contributed by atoms with Crippen molar-refractivity contribution < 1.29 is 9.02 Å². The van der Waals surface area contributed by atoms with Gasteiger partial charge in [-0.25, -0.2) is 14.0 Å². The Bertz CT molecular complexity index is 1230. The number of nitrogens with one attached hydrogen (secondary N) is 1. The number of fused-ring (bicyclic) bond motifs is 2. The van der Waals surface area contributed by atoms with Gasteiger partial charge in [-0.05, 0) is 40.6 Å². The molecule has 0 fully saturated rings. The normalized spacial score (nSPS) is 11.6. The van der Waals surface area contributed by atoms with Crippen LogP contribution in [0.4, 0.5) is 4.39 Å². The van der Waals surface area contributed by atoms with E-state index in [2.05, 4.69) is 20.3 Å². The Hall–Kier alpha value is -3.48. The standard InChI is InChI=1S/C18H12FN5O/c1-24-9-14(11-3-2-6-20-18(11)24)17-16(22-25-23-17)13-8-21-15-5-4-10(19)7-12(13)15/h2-9,21H,1H3. The first kappa shape index (κ1) is 13.9. The highest BCUT2D eigenvalue weighted by molar-refractivity contribution is 6.01. The van der Waals surface area contributed by atoms with Crippen LogP contribution >= 0.6 is 0 Å². The van der Waals surface area contributed by atoms with E-state index < -0.39 is 0 Å². The molecule has 6 nitrogen and oxygen atoms in total. The Labute approximate surface area is 140 Å². The second-order valence-electron chi connectivity index (χ2n) is 5.88. The van der Waals surface area contributed by atoms with Crippen molar-refractivity contribution >= 4 is 21.9 Å². The van der Waals surface area contributed by atoms with Gasteiger partial charge in [0.15, 0.2) is 0 Å². The van der Waals surface area contributed by atoms with E-state index in [1.54, 1.807) is 18.5 Å². The molecule has 1 N–H and O–H groups in total. The molecule has 0 atom stereocenters. The number of hydrogen-bond acceptors (Lipinski definition) is 4. The van der Waals surface area contributed by atoms with Crippen LogP contribution in [0, 0.1) is 5.82 Å². The number of aromatic amines is 1. The van der Waals surface area contributed by atoms with Crippen molar-refractivity contribution in [3.05, 3.63) is 54.7 Å². The minimum atomic E-state index is -0.305. The zero-order valence-electron chi connectivity index (χ0n) is 13.2. The maximum absolute atomic E-state index is 13.7. The van der Waals surface area contributed by atoms with Crippen molar-refractivity contribution in [1.82, 2.24) is 24.8 Å². The van der Waals surface area contributed by atoms with Crippen molar-refractivity contribution in [3.63, 3.8) is 0 Å². The number of nitrogens with zero attached hydrogens (tertiary/aromatic N) is 4. The lowest BCUT2D eigenvalue weighted by Gasteiger charge is -1.98. The molecule has 0 spiro atoms. The number of benzene rings is 1. The smallest absolute Gasteiger partial charge is 0.145 e. The molecule has 0 unspecified atom stereocenters. The van der Waals surface area contributed by atoms with Gasteiger partial charge in [0.05, 0.1) is 0 Å². The number of aromatic nitrogens is 5. The Kier molecular flexibility index (Phi) is 2.79. The summed E-state index contributed by atoms with van der Waals surface area (Å²) in [6, 6.07) is 8.44. The highest BCUT2D eigenvalue weighted by Crippen LogP contribution is 2.37. The molecule has 122 valence electrons. The Morgan fingerprint density at radius 1 is 1.08 bits per heavy atom. The van der Waals surface area contributed by atoms with Crippen molar-refractivity contribution in [2.75, 3.05) is 0 Å². The van der Waals surface area contributed by atoms with Crippen molar-refractivity contribution in [2.24, 2.45) is 7.05 Å². The first-order valence-corrected chi connectivity index (χ1v) is 7.72. The van der Waals surface area contributed by atoms with Crippen LogP contribution in [-0.4, -0.2) is 24.8 Å². The van der Waals surface area contributed by atoms with Gasteiger partial charge >= 0.3 is 0 Å². The van der Waals surface area contributed by atoms with E-state index in [0.717, 1.165) is 33.1 Å². The van der Waals surface area contributed by atoms with Gasteiger partial charge in [-0.2, -0.15) is 0 Å². The first-order chi connectivity index (χ1) is 12.2. The molecule has 0 saturated heterocycles. The van der Waals surface area contributed by atoms with Gasteiger partial charge in [0.25, 0.3) is 0 Å². The number of aryl methyl sites for hydroxylation is 1. The van der Waals surface area contributed by atoms with Gasteiger partial charge in [-0.1, -0.05) is 0 Å². The lowest BCUT2D eigenvalue weighted by atomic mass is 10.0. The fraction of sp³-hybridized carbons (Fsp3) is 0.0556. The molecule has 0 aliphatic carbocycles. The van der Waals surface area contributed by atoms with Gasteiger partial charge in [0.1, 0.15) is 22.9 Å². The maximum atomic E-state index is 13.7. The SMILES string of the molecule is Cn1cc(-c2nonc2-c2c[nH]c3ccc(F)cc23)c2cccnc21. The number of hydrogen-bond donors (Lipinski definition) is 1. The van der Waals surface area contributed by atoms with E-state index in [0.29, 0.717) is 11.4 Å². The fourth-order valence-corrected chi connectivity index (χ4v) is 3.23. The maximum Gasteiger partial charge on any atom is 0.145 e. The summed E-state index contributed by atoms with van der Waals surface area (Å²) in [7, 11) is 1.92. The van der Waals surface area contributed by atoms with Crippen LogP contribution in [0.5, 0.6) is 0 Å². The molecule has 4 heterocycles. The summed E-state index contributed by atoms with van der Waals surface area (Å²) in [5.74, 6) is -0.305. The van der Waals surface area contributed by atoms with Crippen LogP contribution in [-0.2, 0) is 7.05 Å². The molecule has 0 bridgehead atoms. The molecule has 0 radical (unpaired) electrons. The number of pyridine rings is 1. The zero-order chi connectivity index (χ0) is 17.0. The summed E-state index contributed by atoms with van der Waals surface area (Å²) in [5.41, 5.74) is 4.44. The van der Waals surface area contributed by atoms with Gasteiger partial charge < -0.3 is 9.55 Å². The van der Waals surface area contributed by atoms with Crippen LogP contribution in [0.25, 0.3) is 44.5 Å². The number of halogens is 1. The summed E-state index contributed by atoms with van der Waals surface area (Å²) in [6.45, 7) is 0. The molecule has 0 amide bonds. The summed E-state index contributed by atoms with van der Waals surface area (Å²) < 4.78 is 20.6. The monoisotopic (exact) mass is 333 g/mol. The fourth-order valence-electron chi connectivity index (χ4n) is 3.23. The number of rotatable bonds is 2. The molecule has 1 aromatic carbocycles. The van der Waals surface area contributed by atoms with E-state index in [-0.39, 0.29) is 5.82 Å². The van der Waals surface area contributed by atoms with Gasteiger partial charge in [0, 0.05) is 53.1 Å². The molecule has 0 saturated carbocycles. The lowest BCUT2D eigenvalue weighted by molar-refractivity contribution is 0.310. The quantitative estimate of drug-likeness (QED) is 0.531. The predicted octanol–water partition coefficient (Wildman–Crippen LogP) is 3.91. The molecule has 5 aromatic rings. The van der Waals surface area contributed by atoms with Crippen molar-refractivity contribution in [3.8, 4) is 22.5 Å². The molecule has 4 aromatic heterocycles. The molecular weight excluding hydrogens is 321 g/mol. The molecule has 7 heteroatoms. The van der Waals surface area contributed by atoms with E-state index in [4.69, 9.17) is 4.63 Å². The van der Waals surface area contributed by atoms with E-state index in [9.17, 15) is 4.39 Å². The van der Waals surface area contributed by atoms with Crippen LogP contribution in [0.15, 0.2) is 53.6 Å². The molecule has 0 aliphatic rings. The minimum absolute atomic E-state index is 0.305. The third-order valence-corrected chi connectivity index (χ3v) is 4.38. The Balaban J connectivity index is 1.78. The van der Waals surface area contributed by atoms with Crippen molar-refractivity contribution in [1.29, 1.82) is 0 Å². The van der Waals surface area contributed by atoms with E-state index in [1.165, 1.54) is 12.1 Å². The second kappa shape index (κ2) is 5.01. The summed E-state index contributed by atoms with van der Waals surface area (Å²) in [5, 5.41) is 9.86. The summed E-state index contributed by atoms with van der Waals surface area (Å²) in [4.78, 5) is 7.52. The van der Waals surface area contributed by atoms with Crippen LogP contribution in [0.3, 0.4) is 0 Å². The zero-order valence-corrected chi connectivity index (χ0v) is 13.2. The predicted molar refractivity (Wildman–Crippen MR) is 91.3 cm³/mol. The van der Waals surface area contributed by atoms with Gasteiger partial charge in [-0.3, -0.25) is 0 Å². The van der Waals surface area contributed by atoms with Crippen LogP contribution in [0.1, 0.15) is 0 Å². The molecule has 5 rings (SSSR count). The molecule has 25 heavy (non-hydrogen) atoms. The molecular formula is C18H12FN5O. The van der Waals surface area contributed by atoms with Crippen LogP contribution in [0.2, 0.25) is 0 Å². The third kappa shape index (κ3) is 1.99. The summed E-state index contributed by atoms with van der Waals surface area (Å²) >= 11 is 0. The topological polar surface area (TPSA) is 72.5 Å². The number of H-pyrrole nitrogens is 1. The van der Waals surface area contributed by atoms with E-state index in [1.807, 2.05) is 29.9 Å². The Morgan fingerprint density at radius 2 is 1.92 bits per heavy atom. The minimum Gasteiger partial charge on any atom is -0.360 e. The highest BCUT2D eigenvalue weighted by Gasteiger charge is 2.21. The summed E-state index contributed by atoms with van der Waals surface area (Å²) in [6.07, 6.45) is 5.48. The highest BCUT2D eigenvalue weighted by atomic mass is 19.1. The first-order valence-electron chi connectivity index (χ1n) is 7.72. The Morgan fingerprint density at radius 3 is 2.80 bits per heavy atom.